The number of urea groups is 1. The van der Waals surface area contributed by atoms with Crippen molar-refractivity contribution in [2.45, 2.75) is 69.5 Å². The Labute approximate surface area is 217 Å². The van der Waals surface area contributed by atoms with Gasteiger partial charge in [0, 0.05) is 37.9 Å². The summed E-state index contributed by atoms with van der Waals surface area (Å²) in [6.45, 7) is 2.66. The van der Waals surface area contributed by atoms with Gasteiger partial charge in [-0.05, 0) is 73.1 Å². The van der Waals surface area contributed by atoms with Gasteiger partial charge in [-0.25, -0.2) is 9.18 Å². The van der Waals surface area contributed by atoms with E-state index < -0.39 is 0 Å². The summed E-state index contributed by atoms with van der Waals surface area (Å²) in [4.78, 5) is 20.1. The molecule has 4 aliphatic rings. The summed E-state index contributed by atoms with van der Waals surface area (Å²) in [5.74, 6) is 1.80. The zero-order valence-electron chi connectivity index (χ0n) is 21.4. The van der Waals surface area contributed by atoms with Crippen LogP contribution in [0, 0.1) is 5.82 Å². The molecule has 1 aromatic heterocycles. The lowest BCUT2D eigenvalue weighted by atomic mass is 9.98. The van der Waals surface area contributed by atoms with Crippen molar-refractivity contribution in [1.82, 2.24) is 14.7 Å². The summed E-state index contributed by atoms with van der Waals surface area (Å²) in [7, 11) is 1.92. The molecule has 2 saturated carbocycles. The molecule has 6 nitrogen and oxygen atoms in total. The van der Waals surface area contributed by atoms with E-state index in [1.165, 1.54) is 24.0 Å². The molecular weight excluding hydrogens is 465 g/mol. The summed E-state index contributed by atoms with van der Waals surface area (Å²) < 4.78 is 16.8. The number of benzene rings is 2. The molecule has 192 valence electrons. The van der Waals surface area contributed by atoms with E-state index in [4.69, 9.17) is 0 Å². The smallest absolute Gasteiger partial charge is 0.326 e. The molecule has 2 aliphatic heterocycles. The largest absolute Gasteiger partial charge is 0.369 e. The SMILES string of the molecule is Cn1cc2c(n1)N(Cc1ccccc1C1CC1)C(=O)N(C1CCN(c3c(F)cccc3C3CC3)CC1)C2. The molecule has 2 amide bonds. The number of aryl methyl sites for hydroxylation is 1. The molecule has 0 spiro atoms. The zero-order chi connectivity index (χ0) is 25.1. The van der Waals surface area contributed by atoms with Crippen LogP contribution >= 0.6 is 0 Å². The van der Waals surface area contributed by atoms with Crippen LogP contribution in [0.3, 0.4) is 0 Å². The van der Waals surface area contributed by atoms with Crippen molar-refractivity contribution in [3.05, 3.63) is 76.7 Å². The standard InChI is InChI=1S/C30H34FN5O/c1-33-17-23-19-35(24-13-15-34(16-14-24)28-26(21-11-12-21)7-4-8-27(28)31)30(37)36(29(23)32-33)18-22-5-2-3-6-25(22)20-9-10-20/h2-8,17,20-21,24H,9-16,18-19H2,1H3. The minimum atomic E-state index is -0.114. The lowest BCUT2D eigenvalue weighted by Gasteiger charge is -2.43. The Morgan fingerprint density at radius 1 is 0.919 bits per heavy atom. The van der Waals surface area contributed by atoms with Gasteiger partial charge >= 0.3 is 6.03 Å². The first-order valence-electron chi connectivity index (χ1n) is 13.8. The number of para-hydroxylation sites is 1. The van der Waals surface area contributed by atoms with E-state index >= 15 is 0 Å². The lowest BCUT2D eigenvalue weighted by Crippen LogP contribution is -2.54. The van der Waals surface area contributed by atoms with Crippen LogP contribution in [0.4, 0.5) is 20.7 Å². The Morgan fingerprint density at radius 2 is 1.62 bits per heavy atom. The summed E-state index contributed by atoms with van der Waals surface area (Å²) in [5, 5.41) is 4.69. The number of hydrogen-bond acceptors (Lipinski definition) is 3. The summed E-state index contributed by atoms with van der Waals surface area (Å²) in [5.41, 5.74) is 5.64. The quantitative estimate of drug-likeness (QED) is 0.423. The summed E-state index contributed by atoms with van der Waals surface area (Å²) >= 11 is 0. The minimum absolute atomic E-state index is 0.0415. The molecule has 3 aromatic rings. The number of anilines is 2. The maximum absolute atomic E-state index is 14.9. The van der Waals surface area contributed by atoms with Crippen molar-refractivity contribution in [3.63, 3.8) is 0 Å². The predicted octanol–water partition coefficient (Wildman–Crippen LogP) is 5.93. The number of halogens is 1. The number of carbonyl (C=O) groups is 1. The van der Waals surface area contributed by atoms with E-state index in [1.54, 1.807) is 6.07 Å². The summed E-state index contributed by atoms with van der Waals surface area (Å²) in [6.07, 6.45) is 8.50. The van der Waals surface area contributed by atoms with E-state index in [2.05, 4.69) is 40.3 Å². The Balaban J connectivity index is 1.12. The van der Waals surface area contributed by atoms with Gasteiger partial charge in [-0.1, -0.05) is 36.4 Å². The third-order valence-corrected chi connectivity index (χ3v) is 8.61. The molecule has 3 fully saturated rings. The number of nitrogens with zero attached hydrogens (tertiary/aromatic N) is 5. The van der Waals surface area contributed by atoms with Crippen molar-refractivity contribution in [1.29, 1.82) is 0 Å². The van der Waals surface area contributed by atoms with Crippen LogP contribution in [-0.4, -0.2) is 39.8 Å². The molecule has 7 heteroatoms. The monoisotopic (exact) mass is 499 g/mol. The van der Waals surface area contributed by atoms with Crippen LogP contribution in [-0.2, 0) is 20.1 Å². The highest BCUT2D eigenvalue weighted by Crippen LogP contribution is 2.46. The second-order valence-electron chi connectivity index (χ2n) is 11.3. The van der Waals surface area contributed by atoms with Gasteiger partial charge in [0.1, 0.15) is 5.82 Å². The first kappa shape index (κ1) is 22.8. The third kappa shape index (κ3) is 4.18. The maximum Gasteiger partial charge on any atom is 0.326 e. The van der Waals surface area contributed by atoms with Gasteiger partial charge in [0.25, 0.3) is 0 Å². The topological polar surface area (TPSA) is 44.6 Å². The van der Waals surface area contributed by atoms with Crippen LogP contribution in [0.1, 0.15) is 72.6 Å². The highest BCUT2D eigenvalue weighted by atomic mass is 19.1. The Bertz CT molecular complexity index is 1340. The van der Waals surface area contributed by atoms with Crippen LogP contribution < -0.4 is 9.80 Å². The molecule has 0 atom stereocenters. The molecule has 2 aliphatic carbocycles. The molecule has 1 saturated heterocycles. The van der Waals surface area contributed by atoms with E-state index in [0.29, 0.717) is 24.9 Å². The summed E-state index contributed by atoms with van der Waals surface area (Å²) in [6, 6.07) is 14.2. The molecular formula is C30H34FN5O. The van der Waals surface area contributed by atoms with Crippen molar-refractivity contribution in [2.75, 3.05) is 22.9 Å². The number of rotatable bonds is 6. The van der Waals surface area contributed by atoms with Gasteiger partial charge in [0.2, 0.25) is 0 Å². The number of aromatic nitrogens is 2. The first-order chi connectivity index (χ1) is 18.1. The first-order valence-corrected chi connectivity index (χ1v) is 13.8. The highest BCUT2D eigenvalue weighted by Gasteiger charge is 2.39. The fraction of sp³-hybridized carbons (Fsp3) is 0.467. The Hall–Kier alpha value is -3.35. The molecule has 0 bridgehead atoms. The lowest BCUT2D eigenvalue weighted by molar-refractivity contribution is 0.159. The molecule has 7 rings (SSSR count). The average Bonchev–Trinajstić information content (AvgIpc) is 3.83. The van der Waals surface area contributed by atoms with Crippen molar-refractivity contribution in [2.24, 2.45) is 7.05 Å². The fourth-order valence-corrected chi connectivity index (χ4v) is 6.42. The van der Waals surface area contributed by atoms with Gasteiger partial charge < -0.3 is 9.80 Å². The van der Waals surface area contributed by atoms with E-state index in [1.807, 2.05) is 33.8 Å². The third-order valence-electron chi connectivity index (χ3n) is 8.61. The number of piperidine rings is 1. The second-order valence-corrected chi connectivity index (χ2v) is 11.3. The van der Waals surface area contributed by atoms with Gasteiger partial charge in [-0.2, -0.15) is 5.10 Å². The van der Waals surface area contributed by atoms with Crippen molar-refractivity contribution >= 4 is 17.5 Å². The molecule has 3 heterocycles. The highest BCUT2D eigenvalue weighted by molar-refractivity contribution is 5.94. The van der Waals surface area contributed by atoms with Crippen LogP contribution in [0.15, 0.2) is 48.7 Å². The molecule has 0 N–H and O–H groups in total. The fourth-order valence-electron chi connectivity index (χ4n) is 6.42. The van der Waals surface area contributed by atoms with Crippen LogP contribution in [0.2, 0.25) is 0 Å². The van der Waals surface area contributed by atoms with Crippen molar-refractivity contribution < 1.29 is 9.18 Å². The predicted molar refractivity (Wildman–Crippen MR) is 142 cm³/mol. The molecule has 37 heavy (non-hydrogen) atoms. The number of amides is 2. The molecule has 2 aromatic carbocycles. The van der Waals surface area contributed by atoms with Gasteiger partial charge in [-0.15, -0.1) is 0 Å². The zero-order valence-corrected chi connectivity index (χ0v) is 21.4. The van der Waals surface area contributed by atoms with E-state index in [-0.39, 0.29) is 17.9 Å². The molecule has 0 unspecified atom stereocenters. The van der Waals surface area contributed by atoms with Crippen molar-refractivity contribution in [3.8, 4) is 0 Å². The number of hydrogen-bond donors (Lipinski definition) is 0. The van der Waals surface area contributed by atoms with Crippen LogP contribution in [0.25, 0.3) is 0 Å². The van der Waals surface area contributed by atoms with E-state index in [9.17, 15) is 9.18 Å². The minimum Gasteiger partial charge on any atom is -0.369 e. The maximum atomic E-state index is 14.9. The van der Waals surface area contributed by atoms with Gasteiger partial charge in [-0.3, -0.25) is 9.58 Å². The number of fused-ring (bicyclic) bond motifs is 1. The normalized spacial score (nSPS) is 20.5. The molecule has 0 radical (unpaired) electrons. The van der Waals surface area contributed by atoms with E-state index in [0.717, 1.165) is 61.4 Å². The Morgan fingerprint density at radius 3 is 2.38 bits per heavy atom. The van der Waals surface area contributed by atoms with Gasteiger partial charge in [0.15, 0.2) is 5.82 Å². The van der Waals surface area contributed by atoms with Gasteiger partial charge in [0.05, 0.1) is 18.8 Å². The number of carbonyl (C=O) groups excluding carboxylic acids is 1. The van der Waals surface area contributed by atoms with Crippen LogP contribution in [0.5, 0.6) is 0 Å². The Kier molecular flexibility index (Phi) is 5.48. The second kappa shape index (κ2) is 8.89. The average molecular weight is 500 g/mol.